The van der Waals surface area contributed by atoms with Crippen LogP contribution in [0.15, 0.2) is 53.5 Å². The number of nitrogens with zero attached hydrogens (tertiary/aromatic N) is 2. The summed E-state index contributed by atoms with van der Waals surface area (Å²) >= 11 is 13.6. The van der Waals surface area contributed by atoms with Gasteiger partial charge in [0.25, 0.3) is 5.91 Å². The van der Waals surface area contributed by atoms with Gasteiger partial charge >= 0.3 is 0 Å². The van der Waals surface area contributed by atoms with Gasteiger partial charge in [0.15, 0.2) is 21.6 Å². The highest BCUT2D eigenvalue weighted by molar-refractivity contribution is 8.16. The van der Waals surface area contributed by atoms with Crippen molar-refractivity contribution in [3.05, 3.63) is 58.6 Å². The summed E-state index contributed by atoms with van der Waals surface area (Å²) in [6, 6.07) is 13.6. The number of aliphatic imine (C=N–C) groups is 1. The first-order chi connectivity index (χ1) is 13.8. The van der Waals surface area contributed by atoms with Crippen LogP contribution in [0.2, 0.25) is 10.0 Å². The Hall–Kier alpha value is -1.74. The number of thioether (sulfide) groups is 1. The Labute approximate surface area is 182 Å². The van der Waals surface area contributed by atoms with Gasteiger partial charge in [-0.3, -0.25) is 4.79 Å². The van der Waals surface area contributed by atoms with Gasteiger partial charge in [-0.1, -0.05) is 53.2 Å². The van der Waals surface area contributed by atoms with E-state index in [-0.39, 0.29) is 29.4 Å². The molecule has 29 heavy (non-hydrogen) atoms. The Morgan fingerprint density at radius 3 is 2.66 bits per heavy atom. The number of sulfone groups is 1. The van der Waals surface area contributed by atoms with Gasteiger partial charge in [0.05, 0.1) is 28.3 Å². The fourth-order valence-corrected chi connectivity index (χ4v) is 7.75. The molecule has 0 bridgehead atoms. The molecule has 10 heteroatoms. The van der Waals surface area contributed by atoms with Crippen LogP contribution in [0.1, 0.15) is 0 Å². The maximum Gasteiger partial charge on any atom is 0.285 e. The van der Waals surface area contributed by atoms with Crippen LogP contribution in [0.4, 0.5) is 5.69 Å². The first kappa shape index (κ1) is 20.5. The van der Waals surface area contributed by atoms with Crippen LogP contribution in [0.25, 0.3) is 0 Å². The largest absolute Gasteiger partial charge is 0.484 e. The fraction of sp³-hybridized carbons (Fsp3) is 0.263. The third-order valence-electron chi connectivity index (χ3n) is 4.56. The summed E-state index contributed by atoms with van der Waals surface area (Å²) in [7, 11) is -3.16. The monoisotopic (exact) mass is 470 g/mol. The van der Waals surface area contributed by atoms with Crippen molar-refractivity contribution < 1.29 is 17.9 Å². The second-order valence-corrected chi connectivity index (χ2v) is 10.9. The molecule has 2 aliphatic rings. The third-order valence-corrected chi connectivity index (χ3v) is 8.31. The number of halogens is 2. The van der Waals surface area contributed by atoms with Gasteiger partial charge in [-0.05, 0) is 30.3 Å². The molecule has 0 radical (unpaired) electrons. The third kappa shape index (κ3) is 4.55. The zero-order valence-electron chi connectivity index (χ0n) is 15.0. The number of amides is 1. The Morgan fingerprint density at radius 2 is 1.93 bits per heavy atom. The van der Waals surface area contributed by atoms with Crippen LogP contribution in [0.3, 0.4) is 0 Å². The molecule has 0 aliphatic carbocycles. The lowest BCUT2D eigenvalue weighted by atomic mass is 10.2. The number of carbonyl (C=O) groups excluding carboxylic acids is 1. The van der Waals surface area contributed by atoms with Crippen LogP contribution in [-0.2, 0) is 14.6 Å². The van der Waals surface area contributed by atoms with Crippen molar-refractivity contribution >= 4 is 61.6 Å². The molecular weight excluding hydrogens is 455 g/mol. The predicted octanol–water partition coefficient (Wildman–Crippen LogP) is 3.67. The summed E-state index contributed by atoms with van der Waals surface area (Å²) in [5.74, 6) is 0.129. The van der Waals surface area contributed by atoms with Crippen molar-refractivity contribution in [2.75, 3.05) is 23.0 Å². The van der Waals surface area contributed by atoms with E-state index in [1.807, 2.05) is 18.2 Å². The molecule has 0 N–H and O–H groups in total. The van der Waals surface area contributed by atoms with Gasteiger partial charge < -0.3 is 9.64 Å². The molecule has 4 rings (SSSR count). The molecule has 2 aliphatic heterocycles. The maximum absolute atomic E-state index is 12.4. The summed E-state index contributed by atoms with van der Waals surface area (Å²) in [4.78, 5) is 18.3. The van der Waals surface area contributed by atoms with Gasteiger partial charge in [0, 0.05) is 10.3 Å². The SMILES string of the molecule is O=C(COc1ccccc1)N=C1S[C@H]2CS(=O)(=O)C[C@H]2N1c1ccc(Cl)cc1Cl. The van der Waals surface area contributed by atoms with Crippen LogP contribution >= 0.6 is 35.0 Å². The van der Waals surface area contributed by atoms with Crippen molar-refractivity contribution in [1.29, 1.82) is 0 Å². The average molecular weight is 471 g/mol. The maximum atomic E-state index is 12.4. The lowest BCUT2D eigenvalue weighted by Gasteiger charge is -2.25. The highest BCUT2D eigenvalue weighted by Gasteiger charge is 2.49. The minimum absolute atomic E-state index is 0.0165. The van der Waals surface area contributed by atoms with E-state index in [1.54, 1.807) is 35.2 Å². The van der Waals surface area contributed by atoms with E-state index in [9.17, 15) is 13.2 Å². The van der Waals surface area contributed by atoms with Crippen LogP contribution in [-0.4, -0.2) is 48.9 Å². The fourth-order valence-electron chi connectivity index (χ4n) is 3.32. The number of rotatable bonds is 4. The summed E-state index contributed by atoms with van der Waals surface area (Å²) in [5, 5.41) is 1.03. The van der Waals surface area contributed by atoms with E-state index in [4.69, 9.17) is 27.9 Å². The second-order valence-electron chi connectivity index (χ2n) is 6.66. The molecule has 2 atom stereocenters. The van der Waals surface area contributed by atoms with E-state index < -0.39 is 15.7 Å². The van der Waals surface area contributed by atoms with Crippen LogP contribution in [0, 0.1) is 0 Å². The number of anilines is 1. The zero-order chi connectivity index (χ0) is 20.6. The van der Waals surface area contributed by atoms with Crippen molar-refractivity contribution in [2.45, 2.75) is 11.3 Å². The van der Waals surface area contributed by atoms with E-state index in [1.165, 1.54) is 11.8 Å². The number of para-hydroxylation sites is 1. The molecule has 152 valence electrons. The van der Waals surface area contributed by atoms with Crippen molar-refractivity contribution in [2.24, 2.45) is 4.99 Å². The normalized spacial score (nSPS) is 23.9. The molecule has 2 aromatic rings. The summed E-state index contributed by atoms with van der Waals surface area (Å²) in [6.45, 7) is -0.218. The molecule has 6 nitrogen and oxygen atoms in total. The van der Waals surface area contributed by atoms with Gasteiger partial charge in [-0.15, -0.1) is 0 Å². The lowest BCUT2D eigenvalue weighted by Crippen LogP contribution is -2.38. The number of carbonyl (C=O) groups is 1. The summed E-state index contributed by atoms with van der Waals surface area (Å²) in [5.41, 5.74) is 0.573. The molecule has 2 saturated heterocycles. The molecular formula is C19H16Cl2N2O4S2. The highest BCUT2D eigenvalue weighted by atomic mass is 35.5. The summed E-state index contributed by atoms with van der Waals surface area (Å²) in [6.07, 6.45) is 0. The van der Waals surface area contributed by atoms with Crippen molar-refractivity contribution in [3.8, 4) is 5.75 Å². The molecule has 1 amide bonds. The quantitative estimate of drug-likeness (QED) is 0.678. The van der Waals surface area contributed by atoms with E-state index in [0.29, 0.717) is 26.6 Å². The van der Waals surface area contributed by atoms with E-state index >= 15 is 0 Å². The number of benzene rings is 2. The molecule has 0 spiro atoms. The topological polar surface area (TPSA) is 76.0 Å². The molecule has 2 aromatic carbocycles. The van der Waals surface area contributed by atoms with Crippen LogP contribution < -0.4 is 9.64 Å². The first-order valence-electron chi connectivity index (χ1n) is 8.73. The number of fused-ring (bicyclic) bond motifs is 1. The minimum Gasteiger partial charge on any atom is -0.484 e. The van der Waals surface area contributed by atoms with E-state index in [0.717, 1.165) is 0 Å². The average Bonchev–Trinajstić information content (AvgIpc) is 3.12. The molecule has 0 aromatic heterocycles. The Balaban J connectivity index is 1.60. The van der Waals surface area contributed by atoms with Gasteiger partial charge in [-0.25, -0.2) is 8.42 Å². The molecule has 0 saturated carbocycles. The minimum atomic E-state index is -3.16. The Bertz CT molecular complexity index is 1080. The van der Waals surface area contributed by atoms with Crippen LogP contribution in [0.5, 0.6) is 5.75 Å². The second kappa shape index (κ2) is 8.18. The number of hydrogen-bond donors (Lipinski definition) is 0. The van der Waals surface area contributed by atoms with Gasteiger partial charge in [-0.2, -0.15) is 4.99 Å². The summed E-state index contributed by atoms with van der Waals surface area (Å²) < 4.78 is 29.7. The van der Waals surface area contributed by atoms with Crippen molar-refractivity contribution in [1.82, 2.24) is 0 Å². The van der Waals surface area contributed by atoms with Crippen molar-refractivity contribution in [3.63, 3.8) is 0 Å². The standard InChI is InChI=1S/C19H16Cl2N2O4S2/c20-12-6-7-15(14(21)8-12)23-16-10-29(25,26)11-17(16)28-19(23)22-18(24)9-27-13-4-2-1-3-5-13/h1-8,16-17H,9-11H2/t16-,17+/m1/s1. The van der Waals surface area contributed by atoms with E-state index in [2.05, 4.69) is 4.99 Å². The Kier molecular flexibility index (Phi) is 5.79. The zero-order valence-corrected chi connectivity index (χ0v) is 18.1. The predicted molar refractivity (Wildman–Crippen MR) is 117 cm³/mol. The lowest BCUT2D eigenvalue weighted by molar-refractivity contribution is -0.119. The Morgan fingerprint density at radius 1 is 1.17 bits per heavy atom. The number of amidine groups is 1. The molecule has 2 heterocycles. The smallest absolute Gasteiger partial charge is 0.285 e. The van der Waals surface area contributed by atoms with Gasteiger partial charge in [0.1, 0.15) is 5.75 Å². The highest BCUT2D eigenvalue weighted by Crippen LogP contribution is 2.43. The van der Waals surface area contributed by atoms with Gasteiger partial charge in [0.2, 0.25) is 0 Å². The number of ether oxygens (including phenoxy) is 1. The number of hydrogen-bond acceptors (Lipinski definition) is 5. The molecule has 0 unspecified atom stereocenters. The molecule has 2 fully saturated rings. The first-order valence-corrected chi connectivity index (χ1v) is 12.2.